The van der Waals surface area contributed by atoms with Crippen LogP contribution in [0.2, 0.25) is 5.02 Å². The Balaban J connectivity index is 3.19. The summed E-state index contributed by atoms with van der Waals surface area (Å²) in [5, 5.41) is 9.44. The van der Waals surface area contributed by atoms with Gasteiger partial charge in [0.15, 0.2) is 0 Å². The van der Waals surface area contributed by atoms with Crippen LogP contribution in [0.25, 0.3) is 0 Å². The molecular formula is C11H16ClNO4S. The van der Waals surface area contributed by atoms with E-state index in [-0.39, 0.29) is 17.2 Å². The molecule has 0 bridgehead atoms. The number of sulfonamides is 1. The Hall–Kier alpha value is -0.820. The predicted molar refractivity (Wildman–Crippen MR) is 69.6 cm³/mol. The normalized spacial score (nSPS) is 13.4. The Bertz CT molecular complexity index is 528. The molecule has 0 saturated heterocycles. The second-order valence-electron chi connectivity index (χ2n) is 3.95. The minimum absolute atomic E-state index is 0.0405. The van der Waals surface area contributed by atoms with E-state index in [0.29, 0.717) is 5.02 Å². The largest absolute Gasteiger partial charge is 0.495 e. The van der Waals surface area contributed by atoms with Gasteiger partial charge in [0.2, 0.25) is 10.0 Å². The molecule has 0 spiro atoms. The van der Waals surface area contributed by atoms with Gasteiger partial charge in [-0.25, -0.2) is 13.1 Å². The van der Waals surface area contributed by atoms with E-state index in [1.165, 1.54) is 20.1 Å². The third-order valence-corrected chi connectivity index (χ3v) is 4.16. The monoisotopic (exact) mass is 293 g/mol. The Labute approximate surface area is 112 Å². The van der Waals surface area contributed by atoms with Crippen molar-refractivity contribution in [3.63, 3.8) is 0 Å². The molecule has 5 nitrogen and oxygen atoms in total. The number of nitrogens with one attached hydrogen (secondary N) is 1. The van der Waals surface area contributed by atoms with Gasteiger partial charge in [0.25, 0.3) is 0 Å². The van der Waals surface area contributed by atoms with E-state index in [1.54, 1.807) is 13.0 Å². The van der Waals surface area contributed by atoms with Crippen molar-refractivity contribution in [3.8, 4) is 5.75 Å². The topological polar surface area (TPSA) is 75.6 Å². The third-order valence-electron chi connectivity index (χ3n) is 2.30. The number of methoxy groups -OCH3 is 1. The molecule has 0 amide bonds. The molecule has 1 rings (SSSR count). The summed E-state index contributed by atoms with van der Waals surface area (Å²) in [7, 11) is -2.37. The van der Waals surface area contributed by atoms with Gasteiger partial charge in [0.1, 0.15) is 10.6 Å². The number of ether oxygens (including phenoxy) is 1. The molecule has 1 atom stereocenters. The zero-order valence-electron chi connectivity index (χ0n) is 10.4. The smallest absolute Gasteiger partial charge is 0.244 e. The maximum Gasteiger partial charge on any atom is 0.244 e. The number of hydrogen-bond donors (Lipinski definition) is 2. The summed E-state index contributed by atoms with van der Waals surface area (Å²) in [5.74, 6) is 0.218. The van der Waals surface area contributed by atoms with Crippen LogP contribution in [0.15, 0.2) is 17.0 Å². The summed E-state index contributed by atoms with van der Waals surface area (Å²) in [5.41, 5.74) is 0.725. The minimum atomic E-state index is -3.76. The lowest BCUT2D eigenvalue weighted by molar-refractivity contribution is 0.198. The van der Waals surface area contributed by atoms with Gasteiger partial charge >= 0.3 is 0 Å². The van der Waals surface area contributed by atoms with Gasteiger partial charge in [-0.15, -0.1) is 0 Å². The van der Waals surface area contributed by atoms with E-state index < -0.39 is 16.1 Å². The number of aryl methyl sites for hydroxylation is 1. The fourth-order valence-electron chi connectivity index (χ4n) is 1.31. The first kappa shape index (κ1) is 15.2. The van der Waals surface area contributed by atoms with Crippen molar-refractivity contribution in [3.05, 3.63) is 22.7 Å². The number of rotatable bonds is 5. The first-order valence-corrected chi connectivity index (χ1v) is 7.16. The molecule has 18 heavy (non-hydrogen) atoms. The van der Waals surface area contributed by atoms with Crippen molar-refractivity contribution >= 4 is 21.6 Å². The molecule has 1 aromatic rings. The van der Waals surface area contributed by atoms with Gasteiger partial charge in [0.05, 0.1) is 13.2 Å². The second-order valence-corrected chi connectivity index (χ2v) is 6.10. The van der Waals surface area contributed by atoms with Gasteiger partial charge in [-0.2, -0.15) is 0 Å². The maximum atomic E-state index is 12.0. The fraction of sp³-hybridized carbons (Fsp3) is 0.455. The van der Waals surface area contributed by atoms with Crippen LogP contribution in [0.4, 0.5) is 0 Å². The molecule has 0 unspecified atom stereocenters. The van der Waals surface area contributed by atoms with E-state index in [0.717, 1.165) is 5.56 Å². The van der Waals surface area contributed by atoms with Crippen LogP contribution in [0, 0.1) is 6.92 Å². The molecule has 2 N–H and O–H groups in total. The first-order valence-electron chi connectivity index (χ1n) is 5.29. The average molecular weight is 294 g/mol. The Morgan fingerprint density at radius 1 is 1.50 bits per heavy atom. The van der Waals surface area contributed by atoms with E-state index >= 15 is 0 Å². The predicted octanol–water partition coefficient (Wildman–Crippen LogP) is 1.32. The van der Waals surface area contributed by atoms with Crippen molar-refractivity contribution < 1.29 is 18.3 Å². The number of hydrogen-bond acceptors (Lipinski definition) is 4. The zero-order valence-corrected chi connectivity index (χ0v) is 12.0. The highest BCUT2D eigenvalue weighted by Gasteiger charge is 2.21. The van der Waals surface area contributed by atoms with Crippen LogP contribution in [-0.2, 0) is 10.0 Å². The van der Waals surface area contributed by atoms with Gasteiger partial charge in [-0.3, -0.25) is 0 Å². The number of benzene rings is 1. The molecule has 0 heterocycles. The molecule has 1 aromatic carbocycles. The summed E-state index contributed by atoms with van der Waals surface area (Å²) < 4.78 is 31.4. The Morgan fingerprint density at radius 3 is 2.61 bits per heavy atom. The summed E-state index contributed by atoms with van der Waals surface area (Å²) in [6, 6.07) is 2.89. The quantitative estimate of drug-likeness (QED) is 0.858. The maximum absolute atomic E-state index is 12.0. The number of aliphatic hydroxyl groups is 1. The SMILES string of the molecule is COc1cc(C)c(Cl)cc1S(=O)(=O)NC[C@@H](C)O. The molecule has 7 heteroatoms. The highest BCUT2D eigenvalue weighted by molar-refractivity contribution is 7.89. The Morgan fingerprint density at radius 2 is 2.11 bits per heavy atom. The van der Waals surface area contributed by atoms with E-state index in [2.05, 4.69) is 4.72 Å². The number of aliphatic hydroxyl groups excluding tert-OH is 1. The van der Waals surface area contributed by atoms with Crippen molar-refractivity contribution in [2.45, 2.75) is 24.8 Å². The van der Waals surface area contributed by atoms with Crippen molar-refractivity contribution in [2.75, 3.05) is 13.7 Å². The van der Waals surface area contributed by atoms with Crippen LogP contribution in [0.3, 0.4) is 0 Å². The van der Waals surface area contributed by atoms with Crippen LogP contribution in [-0.4, -0.2) is 33.3 Å². The van der Waals surface area contributed by atoms with Crippen LogP contribution in [0.5, 0.6) is 5.75 Å². The fourth-order valence-corrected chi connectivity index (χ4v) is 2.84. The van der Waals surface area contributed by atoms with Crippen LogP contribution < -0.4 is 9.46 Å². The summed E-state index contributed by atoms with van der Waals surface area (Å²) in [6.07, 6.45) is -0.772. The standard InChI is InChI=1S/C11H16ClNO4S/c1-7-4-10(17-3)11(5-9(7)12)18(15,16)13-6-8(2)14/h4-5,8,13-14H,6H2,1-3H3/t8-/m1/s1. The molecule has 0 aromatic heterocycles. The van der Waals surface area contributed by atoms with Gasteiger partial charge in [-0.05, 0) is 31.5 Å². The molecule has 0 aliphatic heterocycles. The van der Waals surface area contributed by atoms with Gasteiger partial charge in [0, 0.05) is 11.6 Å². The summed E-state index contributed by atoms with van der Waals surface area (Å²) in [4.78, 5) is -0.0405. The minimum Gasteiger partial charge on any atom is -0.495 e. The molecule has 0 fully saturated rings. The molecular weight excluding hydrogens is 278 g/mol. The van der Waals surface area contributed by atoms with Crippen LogP contribution >= 0.6 is 11.6 Å². The molecule has 0 saturated carbocycles. The number of halogens is 1. The lowest BCUT2D eigenvalue weighted by Gasteiger charge is -2.13. The lowest BCUT2D eigenvalue weighted by atomic mass is 10.2. The van der Waals surface area contributed by atoms with Crippen molar-refractivity contribution in [2.24, 2.45) is 0 Å². The van der Waals surface area contributed by atoms with E-state index in [4.69, 9.17) is 21.4 Å². The summed E-state index contributed by atoms with van der Waals surface area (Å²) in [6.45, 7) is 3.17. The highest BCUT2D eigenvalue weighted by Crippen LogP contribution is 2.29. The second kappa shape index (κ2) is 5.88. The lowest BCUT2D eigenvalue weighted by Crippen LogP contribution is -2.30. The first-order chi connectivity index (χ1) is 8.27. The third kappa shape index (κ3) is 3.58. The molecule has 102 valence electrons. The van der Waals surface area contributed by atoms with Crippen molar-refractivity contribution in [1.82, 2.24) is 4.72 Å². The van der Waals surface area contributed by atoms with Crippen LogP contribution in [0.1, 0.15) is 12.5 Å². The zero-order chi connectivity index (χ0) is 13.9. The average Bonchev–Trinajstić information content (AvgIpc) is 2.29. The Kier molecular flexibility index (Phi) is 4.98. The van der Waals surface area contributed by atoms with Gasteiger partial charge in [-0.1, -0.05) is 11.6 Å². The van der Waals surface area contributed by atoms with E-state index in [9.17, 15) is 8.42 Å². The van der Waals surface area contributed by atoms with Crippen molar-refractivity contribution in [1.29, 1.82) is 0 Å². The molecule has 0 aliphatic rings. The van der Waals surface area contributed by atoms with E-state index in [1.807, 2.05) is 0 Å². The molecule has 0 aliphatic carbocycles. The summed E-state index contributed by atoms with van der Waals surface area (Å²) >= 11 is 5.91. The highest BCUT2D eigenvalue weighted by atomic mass is 35.5. The van der Waals surface area contributed by atoms with Gasteiger partial charge < -0.3 is 9.84 Å². The molecule has 0 radical (unpaired) electrons.